The second-order valence-corrected chi connectivity index (χ2v) is 7.69. The van der Waals surface area contributed by atoms with Gasteiger partial charge in [0.25, 0.3) is 0 Å². The van der Waals surface area contributed by atoms with Crippen LogP contribution in [-0.2, 0) is 11.8 Å². The molecule has 0 spiro atoms. The van der Waals surface area contributed by atoms with Crippen LogP contribution in [0.2, 0.25) is 5.02 Å². The van der Waals surface area contributed by atoms with Gasteiger partial charge < -0.3 is 9.88 Å². The molecule has 0 aliphatic heterocycles. The summed E-state index contributed by atoms with van der Waals surface area (Å²) in [6, 6.07) is 8.92. The number of carbonyl (C=O) groups excluding carboxylic acids is 1. The summed E-state index contributed by atoms with van der Waals surface area (Å²) in [7, 11) is 1.78. The third-order valence-electron chi connectivity index (χ3n) is 3.54. The van der Waals surface area contributed by atoms with E-state index in [1.54, 1.807) is 23.7 Å². The average Bonchev–Trinajstić information content (AvgIpc) is 2.98. The highest BCUT2D eigenvalue weighted by atomic mass is 79.9. The molecule has 140 valence electrons. The zero-order chi connectivity index (χ0) is 19.6. The number of rotatable bonds is 5. The molecule has 0 unspecified atom stereocenters. The fourth-order valence-corrected chi connectivity index (χ4v) is 3.60. The Hall–Kier alpha value is -1.97. The van der Waals surface area contributed by atoms with E-state index in [4.69, 9.17) is 11.6 Å². The van der Waals surface area contributed by atoms with Crippen LogP contribution in [0.3, 0.4) is 0 Å². The van der Waals surface area contributed by atoms with Gasteiger partial charge in [-0.3, -0.25) is 4.79 Å². The lowest BCUT2D eigenvalue weighted by atomic mass is 10.2. The molecule has 5 nitrogen and oxygen atoms in total. The van der Waals surface area contributed by atoms with Crippen molar-refractivity contribution in [3.63, 3.8) is 0 Å². The maximum absolute atomic E-state index is 13.8. The second kappa shape index (κ2) is 8.37. The van der Waals surface area contributed by atoms with Gasteiger partial charge in [-0.15, -0.1) is 10.2 Å². The summed E-state index contributed by atoms with van der Waals surface area (Å²) in [6.07, 6.45) is 0. The molecule has 0 bridgehead atoms. The van der Waals surface area contributed by atoms with E-state index in [0.29, 0.717) is 22.1 Å². The number of carbonyl (C=O) groups is 1. The van der Waals surface area contributed by atoms with Gasteiger partial charge in [0.05, 0.1) is 11.4 Å². The second-order valence-electron chi connectivity index (χ2n) is 5.45. The minimum absolute atomic E-state index is 0.0180. The van der Waals surface area contributed by atoms with Crippen molar-refractivity contribution in [3.05, 3.63) is 57.5 Å². The topological polar surface area (TPSA) is 59.8 Å². The first kappa shape index (κ1) is 19.8. The number of anilines is 1. The predicted octanol–water partition coefficient (Wildman–Crippen LogP) is 4.91. The summed E-state index contributed by atoms with van der Waals surface area (Å²) in [5.74, 6) is -1.44. The molecule has 3 aromatic rings. The first-order valence-electron chi connectivity index (χ1n) is 7.57. The molecular weight excluding hydrogens is 462 g/mol. The third-order valence-corrected chi connectivity index (χ3v) is 5.44. The minimum Gasteiger partial charge on any atom is -0.322 e. The van der Waals surface area contributed by atoms with Crippen molar-refractivity contribution in [2.75, 3.05) is 11.1 Å². The van der Waals surface area contributed by atoms with E-state index < -0.39 is 17.5 Å². The molecule has 2 aromatic carbocycles. The molecule has 1 heterocycles. The highest BCUT2D eigenvalue weighted by Crippen LogP contribution is 2.28. The lowest BCUT2D eigenvalue weighted by Crippen LogP contribution is -2.16. The van der Waals surface area contributed by atoms with E-state index in [0.717, 1.165) is 23.4 Å². The number of nitrogens with zero attached hydrogens (tertiary/aromatic N) is 3. The smallest absolute Gasteiger partial charge is 0.234 e. The molecule has 1 N–H and O–H groups in total. The molecule has 27 heavy (non-hydrogen) atoms. The molecule has 0 radical (unpaired) electrons. The Morgan fingerprint density at radius 1 is 1.26 bits per heavy atom. The Kier molecular flexibility index (Phi) is 6.13. The van der Waals surface area contributed by atoms with Crippen LogP contribution in [-0.4, -0.2) is 26.4 Å². The number of benzene rings is 2. The van der Waals surface area contributed by atoms with Gasteiger partial charge in [-0.25, -0.2) is 8.78 Å². The molecular formula is C17H12BrClF2N4OS. The van der Waals surface area contributed by atoms with Gasteiger partial charge in [0.1, 0.15) is 5.82 Å². The lowest BCUT2D eigenvalue weighted by Gasteiger charge is -2.09. The van der Waals surface area contributed by atoms with Crippen LogP contribution < -0.4 is 5.32 Å². The summed E-state index contributed by atoms with van der Waals surface area (Å²) in [5, 5.41) is 11.8. The molecule has 10 heteroatoms. The first-order chi connectivity index (χ1) is 12.8. The molecule has 0 atom stereocenters. The maximum atomic E-state index is 13.8. The molecule has 1 amide bonds. The molecule has 1 aromatic heterocycles. The van der Waals surface area contributed by atoms with Crippen LogP contribution in [0.1, 0.15) is 0 Å². The van der Waals surface area contributed by atoms with Crippen LogP contribution in [0.15, 0.2) is 46.0 Å². The third kappa shape index (κ3) is 4.66. The van der Waals surface area contributed by atoms with E-state index in [2.05, 4.69) is 31.4 Å². The van der Waals surface area contributed by atoms with Crippen molar-refractivity contribution in [3.8, 4) is 11.4 Å². The summed E-state index contributed by atoms with van der Waals surface area (Å²) >= 11 is 10.1. The van der Waals surface area contributed by atoms with Gasteiger partial charge in [0, 0.05) is 28.2 Å². The molecule has 0 saturated heterocycles. The van der Waals surface area contributed by atoms with Gasteiger partial charge in [-0.05, 0) is 46.3 Å². The number of aromatic nitrogens is 3. The molecule has 0 aliphatic carbocycles. The molecule has 0 fully saturated rings. The van der Waals surface area contributed by atoms with Crippen LogP contribution in [0.5, 0.6) is 0 Å². The van der Waals surface area contributed by atoms with Gasteiger partial charge in [-0.2, -0.15) is 0 Å². The van der Waals surface area contributed by atoms with Gasteiger partial charge in [0.2, 0.25) is 5.91 Å². The monoisotopic (exact) mass is 472 g/mol. The fraction of sp³-hybridized carbons (Fsp3) is 0.118. The maximum Gasteiger partial charge on any atom is 0.234 e. The number of thioether (sulfide) groups is 1. The highest BCUT2D eigenvalue weighted by Gasteiger charge is 2.16. The van der Waals surface area contributed by atoms with Gasteiger partial charge >= 0.3 is 0 Å². The van der Waals surface area contributed by atoms with E-state index in [1.807, 2.05) is 12.1 Å². The van der Waals surface area contributed by atoms with Crippen molar-refractivity contribution in [1.82, 2.24) is 14.8 Å². The van der Waals surface area contributed by atoms with Crippen LogP contribution in [0, 0.1) is 11.6 Å². The van der Waals surface area contributed by atoms with Crippen molar-refractivity contribution < 1.29 is 13.6 Å². The van der Waals surface area contributed by atoms with Crippen LogP contribution in [0.25, 0.3) is 11.4 Å². The summed E-state index contributed by atoms with van der Waals surface area (Å²) in [5.41, 5.74) is 0.727. The molecule has 0 saturated carbocycles. The van der Waals surface area contributed by atoms with Crippen molar-refractivity contribution in [1.29, 1.82) is 0 Å². The standard InChI is InChI=1S/C17H12BrClF2N4OS/c1-25-16(9-2-4-10(19)5-3-9)23-24-17(25)27-8-14(26)22-15-12(18)6-11(20)7-13(15)21/h2-7H,8H2,1H3,(H,22,26). The van der Waals surface area contributed by atoms with Crippen molar-refractivity contribution in [2.45, 2.75) is 5.16 Å². The Morgan fingerprint density at radius 2 is 1.96 bits per heavy atom. The summed E-state index contributed by atoms with van der Waals surface area (Å²) in [6.45, 7) is 0. The molecule has 3 rings (SSSR count). The number of hydrogen-bond acceptors (Lipinski definition) is 4. The normalized spacial score (nSPS) is 10.9. The van der Waals surface area contributed by atoms with E-state index in [9.17, 15) is 13.6 Å². The SMILES string of the molecule is Cn1c(SCC(=O)Nc2c(F)cc(F)cc2Br)nnc1-c1ccc(Cl)cc1. The molecule has 0 aliphatic rings. The highest BCUT2D eigenvalue weighted by molar-refractivity contribution is 9.10. The summed E-state index contributed by atoms with van der Waals surface area (Å²) in [4.78, 5) is 12.1. The Balaban J connectivity index is 1.67. The largest absolute Gasteiger partial charge is 0.322 e. The zero-order valence-electron chi connectivity index (χ0n) is 13.8. The number of halogens is 4. The summed E-state index contributed by atoms with van der Waals surface area (Å²) < 4.78 is 28.8. The van der Waals surface area contributed by atoms with Crippen LogP contribution >= 0.6 is 39.3 Å². The fourth-order valence-electron chi connectivity index (χ4n) is 2.26. The lowest BCUT2D eigenvalue weighted by molar-refractivity contribution is -0.113. The van der Waals surface area contributed by atoms with Gasteiger partial charge in [0.15, 0.2) is 16.8 Å². The number of amides is 1. The average molecular weight is 474 g/mol. The quantitative estimate of drug-likeness (QED) is 0.535. The van der Waals surface area contributed by atoms with Crippen molar-refractivity contribution >= 4 is 50.9 Å². The van der Waals surface area contributed by atoms with Crippen LogP contribution in [0.4, 0.5) is 14.5 Å². The Labute approximate surface area is 171 Å². The zero-order valence-corrected chi connectivity index (χ0v) is 17.0. The van der Waals surface area contributed by atoms with E-state index >= 15 is 0 Å². The Morgan fingerprint density at radius 3 is 2.63 bits per heavy atom. The number of hydrogen-bond donors (Lipinski definition) is 1. The predicted molar refractivity (Wildman–Crippen MR) is 105 cm³/mol. The van der Waals surface area contributed by atoms with Gasteiger partial charge in [-0.1, -0.05) is 23.4 Å². The van der Waals surface area contributed by atoms with Crippen molar-refractivity contribution in [2.24, 2.45) is 7.05 Å². The van der Waals surface area contributed by atoms with E-state index in [-0.39, 0.29) is 15.9 Å². The Bertz CT molecular complexity index is 974. The van der Waals surface area contributed by atoms with E-state index in [1.165, 1.54) is 0 Å². The minimum atomic E-state index is -0.857. The first-order valence-corrected chi connectivity index (χ1v) is 9.73. The number of nitrogens with one attached hydrogen (secondary N) is 1.